The summed E-state index contributed by atoms with van der Waals surface area (Å²) in [5.74, 6) is -0.212. The van der Waals surface area contributed by atoms with Gasteiger partial charge < -0.3 is 10.1 Å². The second-order valence-electron chi connectivity index (χ2n) is 2.17. The zero-order chi connectivity index (χ0) is 7.40. The molecule has 0 bridgehead atoms. The van der Waals surface area contributed by atoms with Crippen LogP contribution in [0.3, 0.4) is 0 Å². The molecule has 0 saturated carbocycles. The minimum Gasteiger partial charge on any atom is -0.468 e. The standard InChI is InChI=1S/C7H11NO2/c1-10-7(9)6-4-2-3-5-8-6/h2,4,6,8H,3,5H2,1H3. The number of hydrogen-bond donors (Lipinski definition) is 1. The first-order valence-corrected chi connectivity index (χ1v) is 3.32. The Bertz CT molecular complexity index is 154. The van der Waals surface area contributed by atoms with Crippen LogP contribution in [0.25, 0.3) is 0 Å². The predicted octanol–water partition coefficient (Wildman–Crippen LogP) is 0.0775. The first kappa shape index (κ1) is 7.28. The molecule has 1 heterocycles. The average Bonchev–Trinajstić information content (AvgIpc) is 2.05. The lowest BCUT2D eigenvalue weighted by molar-refractivity contribution is -0.141. The summed E-state index contributed by atoms with van der Waals surface area (Å²) in [4.78, 5) is 10.8. The number of rotatable bonds is 1. The third-order valence-electron chi connectivity index (χ3n) is 1.46. The number of carbonyl (C=O) groups excluding carboxylic acids is 1. The quantitative estimate of drug-likeness (QED) is 0.415. The summed E-state index contributed by atoms with van der Waals surface area (Å²) >= 11 is 0. The molecule has 1 aliphatic rings. The molecular formula is C7H11NO2. The van der Waals surface area contributed by atoms with Crippen molar-refractivity contribution < 1.29 is 9.53 Å². The van der Waals surface area contributed by atoms with Crippen LogP contribution in [0.15, 0.2) is 12.2 Å². The van der Waals surface area contributed by atoms with Gasteiger partial charge in [-0.1, -0.05) is 12.2 Å². The van der Waals surface area contributed by atoms with E-state index in [4.69, 9.17) is 0 Å². The molecule has 56 valence electrons. The van der Waals surface area contributed by atoms with Crippen molar-refractivity contribution in [3.8, 4) is 0 Å². The lowest BCUT2D eigenvalue weighted by atomic mass is 10.2. The number of hydrogen-bond acceptors (Lipinski definition) is 3. The highest BCUT2D eigenvalue weighted by molar-refractivity contribution is 5.78. The second kappa shape index (κ2) is 3.37. The molecule has 0 aliphatic carbocycles. The van der Waals surface area contributed by atoms with Crippen molar-refractivity contribution in [1.82, 2.24) is 5.32 Å². The van der Waals surface area contributed by atoms with E-state index in [1.54, 1.807) is 0 Å². The lowest BCUT2D eigenvalue weighted by Crippen LogP contribution is -2.38. The molecule has 10 heavy (non-hydrogen) atoms. The van der Waals surface area contributed by atoms with Crippen molar-refractivity contribution in [2.45, 2.75) is 12.5 Å². The molecule has 0 aromatic rings. The van der Waals surface area contributed by atoms with Crippen LogP contribution in [0, 0.1) is 0 Å². The molecule has 3 heteroatoms. The largest absolute Gasteiger partial charge is 0.468 e. The maximum Gasteiger partial charge on any atom is 0.326 e. The second-order valence-corrected chi connectivity index (χ2v) is 2.17. The van der Waals surface area contributed by atoms with Gasteiger partial charge >= 0.3 is 5.97 Å². The zero-order valence-corrected chi connectivity index (χ0v) is 5.96. The summed E-state index contributed by atoms with van der Waals surface area (Å²) in [7, 11) is 1.40. The Labute approximate surface area is 60.1 Å². The molecule has 0 amide bonds. The van der Waals surface area contributed by atoms with E-state index in [-0.39, 0.29) is 12.0 Å². The van der Waals surface area contributed by atoms with E-state index in [1.165, 1.54) is 7.11 Å². The van der Waals surface area contributed by atoms with Crippen LogP contribution in [0.1, 0.15) is 6.42 Å². The number of esters is 1. The normalized spacial score (nSPS) is 24.3. The van der Waals surface area contributed by atoms with Crippen molar-refractivity contribution in [2.75, 3.05) is 13.7 Å². The minimum atomic E-state index is -0.223. The van der Waals surface area contributed by atoms with Crippen LogP contribution < -0.4 is 5.32 Å². The Morgan fingerprint density at radius 3 is 3.10 bits per heavy atom. The molecule has 0 fully saturated rings. The highest BCUT2D eigenvalue weighted by atomic mass is 16.5. The number of nitrogens with one attached hydrogen (secondary N) is 1. The fourth-order valence-electron chi connectivity index (χ4n) is 0.911. The fourth-order valence-corrected chi connectivity index (χ4v) is 0.911. The van der Waals surface area contributed by atoms with Crippen molar-refractivity contribution in [2.24, 2.45) is 0 Å². The summed E-state index contributed by atoms with van der Waals surface area (Å²) in [6.45, 7) is 0.857. The monoisotopic (exact) mass is 141 g/mol. The van der Waals surface area contributed by atoms with E-state index >= 15 is 0 Å². The summed E-state index contributed by atoms with van der Waals surface area (Å²) in [6, 6.07) is -0.223. The van der Waals surface area contributed by atoms with E-state index < -0.39 is 0 Å². The van der Waals surface area contributed by atoms with Gasteiger partial charge in [-0.2, -0.15) is 0 Å². The first-order valence-electron chi connectivity index (χ1n) is 3.32. The molecule has 1 unspecified atom stereocenters. The molecular weight excluding hydrogens is 130 g/mol. The van der Waals surface area contributed by atoms with Gasteiger partial charge in [0.1, 0.15) is 6.04 Å². The van der Waals surface area contributed by atoms with Gasteiger partial charge in [0.05, 0.1) is 7.11 Å². The van der Waals surface area contributed by atoms with Gasteiger partial charge in [-0.25, -0.2) is 0 Å². The van der Waals surface area contributed by atoms with E-state index in [0.717, 1.165) is 13.0 Å². The maximum atomic E-state index is 10.8. The zero-order valence-electron chi connectivity index (χ0n) is 5.96. The Balaban J connectivity index is 2.46. The van der Waals surface area contributed by atoms with Crippen molar-refractivity contribution in [1.29, 1.82) is 0 Å². The molecule has 1 N–H and O–H groups in total. The highest BCUT2D eigenvalue weighted by Gasteiger charge is 2.15. The Morgan fingerprint density at radius 1 is 1.80 bits per heavy atom. The number of carbonyl (C=O) groups is 1. The fraction of sp³-hybridized carbons (Fsp3) is 0.571. The molecule has 0 spiro atoms. The third kappa shape index (κ3) is 1.57. The van der Waals surface area contributed by atoms with Crippen LogP contribution >= 0.6 is 0 Å². The van der Waals surface area contributed by atoms with Crippen LogP contribution in [0.4, 0.5) is 0 Å². The van der Waals surface area contributed by atoms with Gasteiger partial charge in [-0.15, -0.1) is 0 Å². The molecule has 1 aliphatic heterocycles. The molecule has 1 rings (SSSR count). The van der Waals surface area contributed by atoms with Gasteiger partial charge in [0.15, 0.2) is 0 Å². The van der Waals surface area contributed by atoms with Crippen LogP contribution in [-0.2, 0) is 9.53 Å². The highest BCUT2D eigenvalue weighted by Crippen LogP contribution is 1.97. The molecule has 1 atom stereocenters. The van der Waals surface area contributed by atoms with E-state index in [0.29, 0.717) is 0 Å². The number of ether oxygens (including phenoxy) is 1. The van der Waals surface area contributed by atoms with Gasteiger partial charge in [0.25, 0.3) is 0 Å². The van der Waals surface area contributed by atoms with Crippen LogP contribution in [0.2, 0.25) is 0 Å². The molecule has 0 saturated heterocycles. The Kier molecular flexibility index (Phi) is 2.45. The van der Waals surface area contributed by atoms with Gasteiger partial charge in [-0.3, -0.25) is 4.79 Å². The molecule has 0 aromatic heterocycles. The number of methoxy groups -OCH3 is 1. The summed E-state index contributed by atoms with van der Waals surface area (Å²) in [6.07, 6.45) is 4.81. The Morgan fingerprint density at radius 2 is 2.60 bits per heavy atom. The molecule has 0 aromatic carbocycles. The summed E-state index contributed by atoms with van der Waals surface area (Å²) in [5, 5.41) is 3.01. The lowest BCUT2D eigenvalue weighted by Gasteiger charge is -2.15. The van der Waals surface area contributed by atoms with Crippen LogP contribution in [-0.4, -0.2) is 25.7 Å². The summed E-state index contributed by atoms with van der Waals surface area (Å²) in [5.41, 5.74) is 0. The molecule has 0 radical (unpaired) electrons. The third-order valence-corrected chi connectivity index (χ3v) is 1.46. The Hall–Kier alpha value is -0.830. The van der Waals surface area contributed by atoms with E-state index in [2.05, 4.69) is 10.1 Å². The maximum absolute atomic E-state index is 10.8. The van der Waals surface area contributed by atoms with E-state index in [1.807, 2.05) is 12.2 Å². The van der Waals surface area contributed by atoms with Gasteiger partial charge in [0.2, 0.25) is 0 Å². The minimum absolute atomic E-state index is 0.212. The van der Waals surface area contributed by atoms with E-state index in [9.17, 15) is 4.79 Å². The molecule has 3 nitrogen and oxygen atoms in total. The smallest absolute Gasteiger partial charge is 0.326 e. The van der Waals surface area contributed by atoms with Crippen molar-refractivity contribution in [3.63, 3.8) is 0 Å². The average molecular weight is 141 g/mol. The predicted molar refractivity (Wildman–Crippen MR) is 37.6 cm³/mol. The summed E-state index contributed by atoms with van der Waals surface area (Å²) < 4.78 is 4.54. The first-order chi connectivity index (χ1) is 4.84. The van der Waals surface area contributed by atoms with Crippen molar-refractivity contribution >= 4 is 5.97 Å². The SMILES string of the molecule is COC(=O)C1C=CCCN1. The van der Waals surface area contributed by atoms with Gasteiger partial charge in [-0.05, 0) is 13.0 Å². The van der Waals surface area contributed by atoms with Crippen molar-refractivity contribution in [3.05, 3.63) is 12.2 Å². The van der Waals surface area contributed by atoms with Crippen LogP contribution in [0.5, 0.6) is 0 Å². The van der Waals surface area contributed by atoms with Gasteiger partial charge in [0, 0.05) is 0 Å². The topological polar surface area (TPSA) is 38.3 Å².